The second kappa shape index (κ2) is 11.5. The Balaban J connectivity index is 2.20. The van der Waals surface area contributed by atoms with Gasteiger partial charge in [0.05, 0.1) is 0 Å². The van der Waals surface area contributed by atoms with Crippen LogP contribution in [0.5, 0.6) is 0 Å². The first-order valence-electron chi connectivity index (χ1n) is 10.6. The van der Waals surface area contributed by atoms with Gasteiger partial charge in [0, 0.05) is 32.0 Å². The topological polar surface area (TPSA) is 96.7 Å². The summed E-state index contributed by atoms with van der Waals surface area (Å²) in [7, 11) is 1.61. The number of anilines is 2. The highest BCUT2D eigenvalue weighted by Crippen LogP contribution is 2.32. The second-order valence-electron chi connectivity index (χ2n) is 8.19. The Bertz CT molecular complexity index is 850. The van der Waals surface area contributed by atoms with Crippen LogP contribution >= 0.6 is 0 Å². The van der Waals surface area contributed by atoms with Gasteiger partial charge >= 0.3 is 6.03 Å². The van der Waals surface area contributed by atoms with E-state index in [-0.39, 0.29) is 30.3 Å². The van der Waals surface area contributed by atoms with E-state index in [4.69, 9.17) is 9.26 Å². The van der Waals surface area contributed by atoms with Gasteiger partial charge < -0.3 is 24.8 Å². The predicted molar refractivity (Wildman–Crippen MR) is 122 cm³/mol. The Morgan fingerprint density at radius 2 is 1.77 bits per heavy atom. The number of carbonyl (C=O) groups excluding carboxylic acids is 2. The van der Waals surface area contributed by atoms with Gasteiger partial charge in [0.1, 0.15) is 12.3 Å². The molecule has 0 bridgehead atoms. The zero-order valence-corrected chi connectivity index (χ0v) is 19.3. The van der Waals surface area contributed by atoms with Crippen molar-refractivity contribution in [3.05, 3.63) is 41.2 Å². The van der Waals surface area contributed by atoms with Crippen LogP contribution in [0.15, 0.2) is 28.8 Å². The third-order valence-electron chi connectivity index (χ3n) is 4.90. The molecule has 1 aromatic heterocycles. The third kappa shape index (κ3) is 7.10. The summed E-state index contributed by atoms with van der Waals surface area (Å²) in [6.07, 6.45) is 0.614. The fourth-order valence-corrected chi connectivity index (χ4v) is 3.31. The molecule has 1 aromatic carbocycles. The minimum absolute atomic E-state index is 0.109. The molecule has 0 aliphatic rings. The maximum Gasteiger partial charge on any atom is 0.322 e. The quantitative estimate of drug-likeness (QED) is 0.531. The Morgan fingerprint density at radius 3 is 2.29 bits per heavy atom. The average Bonchev–Trinajstić information content (AvgIpc) is 3.11. The SMILES string of the molecule is COCCCN(CC(=O)Nc1cc(C)on1)C(=O)Nc1c(C(C)C)cccc1C(C)C. The van der Waals surface area contributed by atoms with Gasteiger partial charge in [-0.1, -0.05) is 51.1 Å². The Hall–Kier alpha value is -2.87. The number of urea groups is 1. The number of methoxy groups -OCH3 is 1. The average molecular weight is 431 g/mol. The minimum atomic E-state index is -0.345. The highest BCUT2D eigenvalue weighted by atomic mass is 16.5. The first-order valence-corrected chi connectivity index (χ1v) is 10.6. The lowest BCUT2D eigenvalue weighted by atomic mass is 9.93. The van der Waals surface area contributed by atoms with E-state index in [1.165, 1.54) is 4.90 Å². The maximum absolute atomic E-state index is 13.2. The summed E-state index contributed by atoms with van der Waals surface area (Å²) < 4.78 is 10.1. The summed E-state index contributed by atoms with van der Waals surface area (Å²) >= 11 is 0. The number of hydrogen-bond acceptors (Lipinski definition) is 5. The molecule has 0 aliphatic carbocycles. The van der Waals surface area contributed by atoms with E-state index < -0.39 is 0 Å². The van der Waals surface area contributed by atoms with Crippen molar-refractivity contribution in [2.75, 3.05) is 37.4 Å². The monoisotopic (exact) mass is 430 g/mol. The molecule has 8 nitrogen and oxygen atoms in total. The van der Waals surface area contributed by atoms with Crippen LogP contribution in [-0.2, 0) is 9.53 Å². The number of carbonyl (C=O) groups is 2. The maximum atomic E-state index is 13.2. The number of amides is 3. The first kappa shape index (κ1) is 24.4. The molecule has 31 heavy (non-hydrogen) atoms. The first-order chi connectivity index (χ1) is 14.7. The van der Waals surface area contributed by atoms with Gasteiger partial charge in [-0.05, 0) is 36.3 Å². The molecule has 2 rings (SSSR count). The van der Waals surface area contributed by atoms with Crippen LogP contribution in [0, 0.1) is 6.92 Å². The minimum Gasteiger partial charge on any atom is -0.385 e. The molecule has 170 valence electrons. The molecule has 0 saturated carbocycles. The van der Waals surface area contributed by atoms with Crippen molar-refractivity contribution in [2.45, 2.75) is 52.9 Å². The summed E-state index contributed by atoms with van der Waals surface area (Å²) in [5, 5.41) is 9.51. The molecule has 2 N–H and O–H groups in total. The number of hydrogen-bond donors (Lipinski definition) is 2. The molecule has 0 aliphatic heterocycles. The van der Waals surface area contributed by atoms with Crippen molar-refractivity contribution >= 4 is 23.4 Å². The molecular formula is C23H34N4O4. The van der Waals surface area contributed by atoms with Gasteiger partial charge in [0.2, 0.25) is 5.91 Å². The van der Waals surface area contributed by atoms with Crippen molar-refractivity contribution in [1.82, 2.24) is 10.1 Å². The summed E-state index contributed by atoms with van der Waals surface area (Å²) in [4.78, 5) is 27.2. The van der Waals surface area contributed by atoms with Crippen LogP contribution in [0.3, 0.4) is 0 Å². The lowest BCUT2D eigenvalue weighted by molar-refractivity contribution is -0.116. The lowest BCUT2D eigenvalue weighted by Gasteiger charge is -2.26. The van der Waals surface area contributed by atoms with Crippen LogP contribution in [0.25, 0.3) is 0 Å². The molecule has 8 heteroatoms. The number of nitrogens with zero attached hydrogens (tertiary/aromatic N) is 2. The number of rotatable bonds is 10. The van der Waals surface area contributed by atoms with Gasteiger partial charge in [-0.2, -0.15) is 0 Å². The van der Waals surface area contributed by atoms with E-state index in [1.807, 2.05) is 18.2 Å². The molecule has 0 spiro atoms. The molecule has 0 fully saturated rings. The second-order valence-corrected chi connectivity index (χ2v) is 8.19. The Morgan fingerprint density at radius 1 is 1.13 bits per heavy atom. The number of aryl methyl sites for hydroxylation is 1. The van der Waals surface area contributed by atoms with E-state index in [1.54, 1.807) is 20.1 Å². The zero-order valence-electron chi connectivity index (χ0n) is 19.3. The molecular weight excluding hydrogens is 396 g/mol. The van der Waals surface area contributed by atoms with Crippen molar-refractivity contribution in [1.29, 1.82) is 0 Å². The molecule has 3 amide bonds. The van der Waals surface area contributed by atoms with E-state index in [9.17, 15) is 9.59 Å². The standard InChI is InChI=1S/C23H34N4O4/c1-15(2)18-9-7-10-19(16(3)4)22(18)25-23(29)27(11-8-12-30-6)14-21(28)24-20-13-17(5)31-26-20/h7,9-10,13,15-16H,8,11-12,14H2,1-6H3,(H,25,29)(H,24,26,28). The van der Waals surface area contributed by atoms with E-state index in [0.29, 0.717) is 31.2 Å². The number of benzene rings is 1. The van der Waals surface area contributed by atoms with Gasteiger partial charge in [-0.3, -0.25) is 4.79 Å². The Labute approximate surface area is 184 Å². The molecule has 2 aromatic rings. The summed E-state index contributed by atoms with van der Waals surface area (Å²) in [5.74, 6) is 1.06. The van der Waals surface area contributed by atoms with E-state index >= 15 is 0 Å². The lowest BCUT2D eigenvalue weighted by Crippen LogP contribution is -2.41. The van der Waals surface area contributed by atoms with E-state index in [2.05, 4.69) is 43.5 Å². The number of nitrogens with one attached hydrogen (secondary N) is 2. The van der Waals surface area contributed by atoms with Crippen LogP contribution in [0.4, 0.5) is 16.3 Å². The van der Waals surface area contributed by atoms with Gasteiger partial charge in [-0.15, -0.1) is 0 Å². The highest BCUT2D eigenvalue weighted by molar-refractivity contribution is 5.97. The van der Waals surface area contributed by atoms with Gasteiger partial charge in [-0.25, -0.2) is 4.79 Å². The van der Waals surface area contributed by atoms with Gasteiger partial charge in [0.15, 0.2) is 5.82 Å². The van der Waals surface area contributed by atoms with E-state index in [0.717, 1.165) is 16.8 Å². The third-order valence-corrected chi connectivity index (χ3v) is 4.90. The molecule has 1 heterocycles. The van der Waals surface area contributed by atoms with Crippen molar-refractivity contribution in [3.63, 3.8) is 0 Å². The van der Waals surface area contributed by atoms with Crippen LogP contribution in [0.1, 0.15) is 62.8 Å². The molecule has 0 saturated heterocycles. The molecule has 0 radical (unpaired) electrons. The van der Waals surface area contributed by atoms with Crippen molar-refractivity contribution in [3.8, 4) is 0 Å². The predicted octanol–water partition coefficient (Wildman–Crippen LogP) is 4.74. The smallest absolute Gasteiger partial charge is 0.322 e. The number of aromatic nitrogens is 1. The number of para-hydroxylation sites is 1. The zero-order chi connectivity index (χ0) is 23.0. The molecule has 0 atom stereocenters. The fourth-order valence-electron chi connectivity index (χ4n) is 3.31. The van der Waals surface area contributed by atoms with Crippen LogP contribution in [-0.4, -0.2) is 48.8 Å². The van der Waals surface area contributed by atoms with Crippen LogP contribution < -0.4 is 10.6 Å². The summed E-state index contributed by atoms with van der Waals surface area (Å²) in [6, 6.07) is 7.38. The molecule has 0 unspecified atom stereocenters. The van der Waals surface area contributed by atoms with Gasteiger partial charge in [0.25, 0.3) is 0 Å². The number of ether oxygens (including phenoxy) is 1. The Kier molecular flexibility index (Phi) is 9.05. The highest BCUT2D eigenvalue weighted by Gasteiger charge is 2.21. The van der Waals surface area contributed by atoms with Crippen molar-refractivity contribution in [2.24, 2.45) is 0 Å². The summed E-state index contributed by atoms with van der Waals surface area (Å²) in [5.41, 5.74) is 2.96. The van der Waals surface area contributed by atoms with Crippen LogP contribution in [0.2, 0.25) is 0 Å². The summed E-state index contributed by atoms with van der Waals surface area (Å²) in [6.45, 7) is 10.9. The largest absolute Gasteiger partial charge is 0.385 e. The fraction of sp³-hybridized carbons (Fsp3) is 0.522. The van der Waals surface area contributed by atoms with Crippen molar-refractivity contribution < 1.29 is 18.8 Å². The normalized spacial score (nSPS) is 11.1.